The molecule has 0 radical (unpaired) electrons. The monoisotopic (exact) mass is 689 g/mol. The fourth-order valence-corrected chi connectivity index (χ4v) is 7.72. The molecule has 4 aromatic heterocycles. The van der Waals surface area contributed by atoms with E-state index in [2.05, 4.69) is 24.3 Å². The first-order chi connectivity index (χ1) is 25.7. The molecule has 0 saturated heterocycles. The van der Waals surface area contributed by atoms with Crippen molar-refractivity contribution in [2.45, 2.75) is 0 Å². The highest BCUT2D eigenvalue weighted by Crippen LogP contribution is 2.42. The van der Waals surface area contributed by atoms with Crippen LogP contribution in [0, 0.1) is 0 Å². The van der Waals surface area contributed by atoms with Crippen LogP contribution in [0.25, 0.3) is 111 Å². The largest absolute Gasteiger partial charge is 0.456 e. The van der Waals surface area contributed by atoms with Gasteiger partial charge >= 0.3 is 0 Å². The van der Waals surface area contributed by atoms with Crippen LogP contribution in [0.5, 0.6) is 0 Å². The van der Waals surface area contributed by atoms with Gasteiger partial charge in [-0.05, 0) is 48.5 Å². The first-order valence-corrected chi connectivity index (χ1v) is 17.3. The summed E-state index contributed by atoms with van der Waals surface area (Å²) in [6.07, 6.45) is 0. The quantitative estimate of drug-likeness (QED) is 0.183. The summed E-state index contributed by atoms with van der Waals surface area (Å²) in [5.74, 6) is 1.56. The van der Waals surface area contributed by atoms with Crippen molar-refractivity contribution in [1.82, 2.24) is 15.0 Å². The van der Waals surface area contributed by atoms with Gasteiger partial charge in [0.05, 0.1) is 0 Å². The Balaban J connectivity index is 1.18. The smallest absolute Gasteiger partial charge is 0.164 e. The minimum atomic E-state index is 0.504. The van der Waals surface area contributed by atoms with E-state index in [0.29, 0.717) is 22.5 Å². The summed E-state index contributed by atoms with van der Waals surface area (Å²) < 4.78 is 18.9. The number of halogens is 1. The Morgan fingerprint density at radius 1 is 0.365 bits per heavy atom. The minimum Gasteiger partial charge on any atom is -0.456 e. The summed E-state index contributed by atoms with van der Waals surface area (Å²) in [6.45, 7) is 0. The highest BCUT2D eigenvalue weighted by atomic mass is 35.5. The van der Waals surface area contributed by atoms with E-state index in [1.165, 1.54) is 0 Å². The predicted molar refractivity (Wildman–Crippen MR) is 208 cm³/mol. The topological polar surface area (TPSA) is 78.1 Å². The van der Waals surface area contributed by atoms with Gasteiger partial charge in [0.2, 0.25) is 0 Å². The Labute approximate surface area is 300 Å². The van der Waals surface area contributed by atoms with E-state index in [1.54, 1.807) is 0 Å². The SMILES string of the molecule is Clc1ccc(-c2nc(-c3cccc4oc5ccccc5c34)nc(-c3cccc4oc5ccccc5c34)n2)cc1-c1cccc2c1oc1ccccc12. The number of furan rings is 3. The summed E-state index contributed by atoms with van der Waals surface area (Å²) in [7, 11) is 0. The predicted octanol–water partition coefficient (Wildman–Crippen LogP) is 12.9. The zero-order valence-electron chi connectivity index (χ0n) is 27.3. The molecule has 0 unspecified atom stereocenters. The summed E-state index contributed by atoms with van der Waals surface area (Å²) in [4.78, 5) is 15.5. The van der Waals surface area contributed by atoms with E-state index in [0.717, 1.165) is 93.6 Å². The molecule has 0 spiro atoms. The number of aromatic nitrogens is 3. The van der Waals surface area contributed by atoms with Gasteiger partial charge in [0, 0.05) is 65.2 Å². The Hall–Kier alpha value is -6.76. The van der Waals surface area contributed by atoms with Crippen molar-refractivity contribution in [2.75, 3.05) is 0 Å². The van der Waals surface area contributed by atoms with Crippen LogP contribution in [0.4, 0.5) is 0 Å². The van der Waals surface area contributed by atoms with E-state index in [1.807, 2.05) is 121 Å². The Kier molecular flexibility index (Phi) is 6.21. The molecule has 11 aromatic rings. The second-order valence-corrected chi connectivity index (χ2v) is 13.2. The molecular formula is C45H24ClN3O3. The number of fused-ring (bicyclic) bond motifs is 9. The van der Waals surface area contributed by atoms with Crippen molar-refractivity contribution in [2.24, 2.45) is 0 Å². The lowest BCUT2D eigenvalue weighted by Gasteiger charge is -2.12. The van der Waals surface area contributed by atoms with Crippen LogP contribution >= 0.6 is 11.6 Å². The van der Waals surface area contributed by atoms with E-state index < -0.39 is 0 Å². The molecule has 0 atom stereocenters. The van der Waals surface area contributed by atoms with Crippen molar-refractivity contribution in [1.29, 1.82) is 0 Å². The molecule has 4 heterocycles. The summed E-state index contributed by atoms with van der Waals surface area (Å²) in [5, 5.41) is 6.55. The summed E-state index contributed by atoms with van der Waals surface area (Å²) >= 11 is 6.97. The Bertz CT molecular complexity index is 3100. The van der Waals surface area contributed by atoms with Gasteiger partial charge in [-0.15, -0.1) is 0 Å². The Morgan fingerprint density at radius 2 is 0.846 bits per heavy atom. The van der Waals surface area contributed by atoms with E-state index >= 15 is 0 Å². The molecule has 7 heteroatoms. The molecule has 52 heavy (non-hydrogen) atoms. The summed E-state index contributed by atoms with van der Waals surface area (Å²) in [5.41, 5.74) is 8.91. The number of para-hydroxylation sites is 4. The van der Waals surface area contributed by atoms with Crippen LogP contribution in [0.1, 0.15) is 0 Å². The highest BCUT2D eigenvalue weighted by Gasteiger charge is 2.21. The lowest BCUT2D eigenvalue weighted by atomic mass is 10.00. The van der Waals surface area contributed by atoms with Crippen LogP contribution in [-0.2, 0) is 0 Å². The Morgan fingerprint density at radius 3 is 1.48 bits per heavy atom. The molecule has 0 N–H and O–H groups in total. The average molecular weight is 690 g/mol. The standard InChI is InChI=1S/C45H24ClN3O3/c46-34-23-22-25(24-33(34)28-14-7-13-27-26-10-1-4-17-35(26)52-42(27)28)43-47-44(31-15-8-20-38-40(31)29-11-2-5-18-36(29)50-38)49-45(48-43)32-16-9-21-39-41(32)30-12-3-6-19-37(30)51-39/h1-24H. The fraction of sp³-hybridized carbons (Fsp3) is 0. The molecule has 244 valence electrons. The third-order valence-electron chi connectivity index (χ3n) is 9.84. The van der Waals surface area contributed by atoms with Gasteiger partial charge in [-0.1, -0.05) is 109 Å². The molecule has 0 aliphatic carbocycles. The number of benzene rings is 7. The molecule has 7 aromatic carbocycles. The summed E-state index contributed by atoms with van der Waals surface area (Å²) in [6, 6.07) is 48.1. The van der Waals surface area contributed by atoms with Gasteiger partial charge in [-0.2, -0.15) is 0 Å². The first-order valence-electron chi connectivity index (χ1n) is 17.0. The van der Waals surface area contributed by atoms with Gasteiger partial charge in [0.25, 0.3) is 0 Å². The van der Waals surface area contributed by atoms with Crippen molar-refractivity contribution in [3.63, 3.8) is 0 Å². The van der Waals surface area contributed by atoms with Crippen LogP contribution in [0.2, 0.25) is 5.02 Å². The van der Waals surface area contributed by atoms with Crippen LogP contribution in [0.15, 0.2) is 159 Å². The van der Waals surface area contributed by atoms with Gasteiger partial charge in [0.1, 0.15) is 33.5 Å². The van der Waals surface area contributed by atoms with Gasteiger partial charge < -0.3 is 13.3 Å². The van der Waals surface area contributed by atoms with Crippen molar-refractivity contribution in [3.05, 3.63) is 151 Å². The average Bonchev–Trinajstić information content (AvgIpc) is 3.89. The molecular weight excluding hydrogens is 666 g/mol. The molecule has 0 amide bonds. The van der Waals surface area contributed by atoms with Crippen molar-refractivity contribution in [3.8, 4) is 45.3 Å². The van der Waals surface area contributed by atoms with Gasteiger partial charge in [-0.25, -0.2) is 15.0 Å². The van der Waals surface area contributed by atoms with E-state index in [9.17, 15) is 0 Å². The molecule has 0 saturated carbocycles. The van der Waals surface area contributed by atoms with Crippen LogP contribution in [0.3, 0.4) is 0 Å². The number of nitrogens with zero attached hydrogens (tertiary/aromatic N) is 3. The second kappa shape index (κ2) is 11.1. The zero-order chi connectivity index (χ0) is 34.3. The molecule has 6 nitrogen and oxygen atoms in total. The normalized spacial score (nSPS) is 11.9. The third kappa shape index (κ3) is 4.35. The zero-order valence-corrected chi connectivity index (χ0v) is 28.1. The molecule has 0 bridgehead atoms. The first kappa shape index (κ1) is 29.0. The highest BCUT2D eigenvalue weighted by molar-refractivity contribution is 6.34. The van der Waals surface area contributed by atoms with Gasteiger partial charge in [0.15, 0.2) is 17.5 Å². The minimum absolute atomic E-state index is 0.504. The number of hydrogen-bond acceptors (Lipinski definition) is 6. The molecule has 0 fully saturated rings. The van der Waals surface area contributed by atoms with Crippen molar-refractivity contribution >= 4 is 77.4 Å². The second-order valence-electron chi connectivity index (χ2n) is 12.8. The maximum Gasteiger partial charge on any atom is 0.164 e. The van der Waals surface area contributed by atoms with Gasteiger partial charge in [-0.3, -0.25) is 0 Å². The molecule has 0 aliphatic rings. The molecule has 0 aliphatic heterocycles. The number of hydrogen-bond donors (Lipinski definition) is 0. The van der Waals surface area contributed by atoms with Crippen molar-refractivity contribution < 1.29 is 13.3 Å². The van der Waals surface area contributed by atoms with E-state index in [-0.39, 0.29) is 0 Å². The third-order valence-corrected chi connectivity index (χ3v) is 10.2. The van der Waals surface area contributed by atoms with E-state index in [4.69, 9.17) is 39.8 Å². The number of rotatable bonds is 4. The van der Waals surface area contributed by atoms with Crippen LogP contribution < -0.4 is 0 Å². The molecule has 11 rings (SSSR count). The maximum atomic E-state index is 6.97. The van der Waals surface area contributed by atoms with Crippen LogP contribution in [-0.4, -0.2) is 15.0 Å². The lowest BCUT2D eigenvalue weighted by molar-refractivity contribution is 0.668. The lowest BCUT2D eigenvalue weighted by Crippen LogP contribution is -2.01. The fourth-order valence-electron chi connectivity index (χ4n) is 7.50. The maximum absolute atomic E-state index is 6.97.